The molecule has 104 valence electrons. The van der Waals surface area contributed by atoms with Gasteiger partial charge in [0, 0.05) is 11.8 Å². The van der Waals surface area contributed by atoms with E-state index in [1.807, 2.05) is 29.1 Å². The zero-order chi connectivity index (χ0) is 14.2. The summed E-state index contributed by atoms with van der Waals surface area (Å²) in [7, 11) is 0. The van der Waals surface area contributed by atoms with E-state index in [0.717, 1.165) is 12.0 Å². The van der Waals surface area contributed by atoms with Gasteiger partial charge in [0.2, 0.25) is 0 Å². The van der Waals surface area contributed by atoms with E-state index in [-0.39, 0.29) is 12.1 Å². The number of nitrogens with zero attached hydrogens (tertiary/aromatic N) is 2. The summed E-state index contributed by atoms with van der Waals surface area (Å²) in [4.78, 5) is 0. The molecule has 1 aliphatic carbocycles. The molecule has 0 saturated heterocycles. The van der Waals surface area contributed by atoms with Crippen LogP contribution >= 0.6 is 0 Å². The highest BCUT2D eigenvalue weighted by Gasteiger charge is 2.31. The molecule has 2 atom stereocenters. The lowest BCUT2D eigenvalue weighted by Crippen LogP contribution is -2.21. The monoisotopic (exact) mass is 275 g/mol. The molecule has 0 amide bonds. The van der Waals surface area contributed by atoms with Gasteiger partial charge in [-0.2, -0.15) is 5.10 Å². The zero-order valence-electron chi connectivity index (χ0n) is 11.7. The van der Waals surface area contributed by atoms with Gasteiger partial charge in [0.15, 0.2) is 0 Å². The van der Waals surface area contributed by atoms with E-state index in [1.165, 1.54) is 16.7 Å². The minimum absolute atomic E-state index is 0.0183. The lowest BCUT2D eigenvalue weighted by molar-refractivity contribution is 0.410. The van der Waals surface area contributed by atoms with Crippen LogP contribution in [-0.2, 0) is 6.42 Å². The third-order valence-corrected chi connectivity index (χ3v) is 4.31. The molecule has 0 saturated carbocycles. The molecule has 0 spiro atoms. The average Bonchev–Trinajstić information content (AvgIpc) is 3.14. The summed E-state index contributed by atoms with van der Waals surface area (Å²) in [6.45, 7) is 0. The molecule has 0 fully saturated rings. The van der Waals surface area contributed by atoms with Gasteiger partial charge in [-0.1, -0.05) is 54.6 Å². The molecule has 3 heteroatoms. The topological polar surface area (TPSA) is 43.8 Å². The molecule has 3 aromatic rings. The van der Waals surface area contributed by atoms with Crippen LogP contribution in [0.3, 0.4) is 0 Å². The molecular weight excluding hydrogens is 258 g/mol. The van der Waals surface area contributed by atoms with E-state index in [4.69, 9.17) is 5.73 Å². The highest BCUT2D eigenvalue weighted by atomic mass is 15.3. The Balaban J connectivity index is 1.66. The third kappa shape index (κ3) is 2.06. The van der Waals surface area contributed by atoms with Crippen molar-refractivity contribution in [2.75, 3.05) is 0 Å². The summed E-state index contributed by atoms with van der Waals surface area (Å²) < 4.78 is 2.02. The summed E-state index contributed by atoms with van der Waals surface area (Å²) in [5.74, 6) is 0. The minimum Gasteiger partial charge on any atom is -0.322 e. The predicted molar refractivity (Wildman–Crippen MR) is 83.8 cm³/mol. The van der Waals surface area contributed by atoms with E-state index in [2.05, 4.69) is 47.7 Å². The Bertz CT molecular complexity index is 761. The first kappa shape index (κ1) is 12.4. The summed E-state index contributed by atoms with van der Waals surface area (Å²) in [6.07, 6.45) is 4.98. The molecule has 1 aliphatic rings. The van der Waals surface area contributed by atoms with Gasteiger partial charge in [-0.05, 0) is 23.1 Å². The fraction of sp³-hybridized carbons (Fsp3) is 0.167. The van der Waals surface area contributed by atoms with Crippen LogP contribution in [0.15, 0.2) is 67.0 Å². The van der Waals surface area contributed by atoms with Gasteiger partial charge in [-0.3, -0.25) is 4.68 Å². The Morgan fingerprint density at radius 3 is 2.52 bits per heavy atom. The fourth-order valence-electron chi connectivity index (χ4n) is 3.16. The van der Waals surface area contributed by atoms with E-state index in [0.29, 0.717) is 0 Å². The molecule has 3 nitrogen and oxygen atoms in total. The van der Waals surface area contributed by atoms with E-state index < -0.39 is 0 Å². The first-order valence-electron chi connectivity index (χ1n) is 7.26. The second-order valence-corrected chi connectivity index (χ2v) is 5.57. The average molecular weight is 275 g/mol. The summed E-state index contributed by atoms with van der Waals surface area (Å²) in [5.41, 5.74) is 11.3. The van der Waals surface area contributed by atoms with Crippen molar-refractivity contribution in [3.63, 3.8) is 0 Å². The number of benzene rings is 2. The van der Waals surface area contributed by atoms with Crippen molar-refractivity contribution in [3.8, 4) is 11.1 Å². The predicted octanol–water partition coefficient (Wildman–Crippen LogP) is 3.35. The van der Waals surface area contributed by atoms with Gasteiger partial charge >= 0.3 is 0 Å². The first-order valence-corrected chi connectivity index (χ1v) is 7.26. The molecule has 2 aromatic carbocycles. The Labute approximate surface area is 124 Å². The highest BCUT2D eigenvalue weighted by Crippen LogP contribution is 2.37. The summed E-state index contributed by atoms with van der Waals surface area (Å²) in [5, 5.41) is 4.54. The Morgan fingerprint density at radius 1 is 0.952 bits per heavy atom. The van der Waals surface area contributed by atoms with E-state index in [9.17, 15) is 0 Å². The van der Waals surface area contributed by atoms with Crippen LogP contribution in [0.5, 0.6) is 0 Å². The minimum atomic E-state index is 0.0183. The Hall–Kier alpha value is -2.39. The van der Waals surface area contributed by atoms with Crippen LogP contribution in [0, 0.1) is 0 Å². The van der Waals surface area contributed by atoms with Crippen molar-refractivity contribution in [2.24, 2.45) is 5.73 Å². The van der Waals surface area contributed by atoms with Crippen LogP contribution < -0.4 is 5.73 Å². The zero-order valence-corrected chi connectivity index (χ0v) is 11.7. The summed E-state index contributed by atoms with van der Waals surface area (Å²) >= 11 is 0. The first-order chi connectivity index (χ1) is 10.3. The number of nitrogens with two attached hydrogens (primary N) is 1. The van der Waals surface area contributed by atoms with Gasteiger partial charge in [-0.15, -0.1) is 0 Å². The van der Waals surface area contributed by atoms with Gasteiger partial charge in [0.05, 0.1) is 18.3 Å². The number of hydrogen-bond acceptors (Lipinski definition) is 2. The smallest absolute Gasteiger partial charge is 0.0752 e. The lowest BCUT2D eigenvalue weighted by Gasteiger charge is -2.16. The maximum atomic E-state index is 6.41. The fourth-order valence-corrected chi connectivity index (χ4v) is 3.16. The number of hydrogen-bond donors (Lipinski definition) is 1. The van der Waals surface area contributed by atoms with Crippen LogP contribution in [0.1, 0.15) is 23.2 Å². The molecular formula is C18H17N3. The van der Waals surface area contributed by atoms with Crippen LogP contribution in [-0.4, -0.2) is 9.78 Å². The van der Waals surface area contributed by atoms with Gasteiger partial charge < -0.3 is 5.73 Å². The standard InChI is InChI=1S/C18H17N3/c19-18-16-9-5-4-8-14(16)10-17(18)21-12-15(11-20-21)13-6-2-1-3-7-13/h1-9,11-12,17-18H,10,19H2. The van der Waals surface area contributed by atoms with Crippen molar-refractivity contribution in [1.29, 1.82) is 0 Å². The summed E-state index contributed by atoms with van der Waals surface area (Å²) in [6, 6.07) is 19.0. The van der Waals surface area contributed by atoms with Crippen molar-refractivity contribution in [2.45, 2.75) is 18.5 Å². The molecule has 2 unspecified atom stereocenters. The molecule has 0 radical (unpaired) electrons. The normalized spacial score (nSPS) is 20.4. The molecule has 2 N–H and O–H groups in total. The van der Waals surface area contributed by atoms with Crippen LogP contribution in [0.25, 0.3) is 11.1 Å². The SMILES string of the molecule is NC1c2ccccc2CC1n1cc(-c2ccccc2)cn1. The molecule has 21 heavy (non-hydrogen) atoms. The Kier molecular flexibility index (Phi) is 2.86. The molecule has 0 bridgehead atoms. The van der Waals surface area contributed by atoms with Crippen molar-refractivity contribution in [1.82, 2.24) is 9.78 Å². The molecule has 1 aromatic heterocycles. The second-order valence-electron chi connectivity index (χ2n) is 5.57. The van der Waals surface area contributed by atoms with Crippen molar-refractivity contribution in [3.05, 3.63) is 78.1 Å². The number of fused-ring (bicyclic) bond motifs is 1. The van der Waals surface area contributed by atoms with Crippen molar-refractivity contribution >= 4 is 0 Å². The number of aromatic nitrogens is 2. The van der Waals surface area contributed by atoms with Gasteiger partial charge in [-0.25, -0.2) is 0 Å². The van der Waals surface area contributed by atoms with Crippen molar-refractivity contribution < 1.29 is 0 Å². The molecule has 1 heterocycles. The maximum Gasteiger partial charge on any atom is 0.0752 e. The lowest BCUT2D eigenvalue weighted by atomic mass is 10.1. The van der Waals surface area contributed by atoms with E-state index in [1.54, 1.807) is 0 Å². The van der Waals surface area contributed by atoms with Crippen LogP contribution in [0.2, 0.25) is 0 Å². The number of rotatable bonds is 2. The van der Waals surface area contributed by atoms with E-state index >= 15 is 0 Å². The molecule has 0 aliphatic heterocycles. The highest BCUT2D eigenvalue weighted by molar-refractivity contribution is 5.61. The van der Waals surface area contributed by atoms with Gasteiger partial charge in [0.1, 0.15) is 0 Å². The van der Waals surface area contributed by atoms with Crippen LogP contribution in [0.4, 0.5) is 0 Å². The Morgan fingerprint density at radius 2 is 1.71 bits per heavy atom. The largest absolute Gasteiger partial charge is 0.322 e. The maximum absolute atomic E-state index is 6.41. The van der Waals surface area contributed by atoms with Gasteiger partial charge in [0.25, 0.3) is 0 Å². The quantitative estimate of drug-likeness (QED) is 0.779. The molecule has 4 rings (SSSR count). The third-order valence-electron chi connectivity index (χ3n) is 4.31. The second kappa shape index (κ2) is 4.86.